The molecule has 0 aromatic carbocycles. The third-order valence-corrected chi connectivity index (χ3v) is 7.86. The summed E-state index contributed by atoms with van der Waals surface area (Å²) >= 11 is 0. The maximum atomic E-state index is 12.2. The van der Waals surface area contributed by atoms with Crippen LogP contribution in [0.2, 0.25) is 13.1 Å². The van der Waals surface area contributed by atoms with Crippen LogP contribution < -0.4 is 10.5 Å². The molecule has 13 heteroatoms. The Morgan fingerprint density at radius 2 is 1.85 bits per heavy atom. The molecule has 0 amide bonds. The quantitative estimate of drug-likeness (QED) is 0.435. The summed E-state index contributed by atoms with van der Waals surface area (Å²) in [5.74, 6) is -0.888. The smallest absolute Gasteiger partial charge is 0.303 e. The molecule has 0 aliphatic carbocycles. The Kier molecular flexibility index (Phi) is 7.19. The molecule has 0 bridgehead atoms. The van der Waals surface area contributed by atoms with Crippen LogP contribution in [0, 0.1) is 0 Å². The number of hydrogen-bond donors (Lipinski definition) is 1. The predicted molar refractivity (Wildman–Crippen MR) is 125 cm³/mol. The zero-order valence-corrected chi connectivity index (χ0v) is 22.0. The second-order valence-corrected chi connectivity index (χ2v) is 12.6. The fraction of sp³-hybridized carbons (Fsp3) is 0.667. The molecule has 2 aromatic rings. The van der Waals surface area contributed by atoms with Crippen LogP contribution in [0.3, 0.4) is 0 Å². The Bertz CT molecular complexity index is 1070. The van der Waals surface area contributed by atoms with Crippen LogP contribution in [0.4, 0.5) is 5.95 Å². The predicted octanol–water partition coefficient (Wildman–Crippen LogP) is 1.17. The minimum Gasteiger partial charge on any atom is -0.479 e. The number of anilines is 1. The van der Waals surface area contributed by atoms with E-state index in [0.717, 1.165) is 0 Å². The first-order valence-electron chi connectivity index (χ1n) is 11.0. The van der Waals surface area contributed by atoms with Crippen molar-refractivity contribution in [3.63, 3.8) is 0 Å². The summed E-state index contributed by atoms with van der Waals surface area (Å²) in [5, 5.41) is -1.22. The van der Waals surface area contributed by atoms with Gasteiger partial charge in [0.1, 0.15) is 14.9 Å². The highest BCUT2D eigenvalue weighted by atomic mass is 28.3. The Hall–Kier alpha value is -2.77. The number of methoxy groups -OCH3 is 1. The number of esters is 2. The largest absolute Gasteiger partial charge is 0.479 e. The third kappa shape index (κ3) is 4.86. The molecule has 1 aliphatic heterocycles. The van der Waals surface area contributed by atoms with Gasteiger partial charge in [-0.15, -0.1) is 0 Å². The number of nitrogens with two attached hydrogens (primary N) is 1. The van der Waals surface area contributed by atoms with Crippen LogP contribution in [-0.2, 0) is 33.9 Å². The van der Waals surface area contributed by atoms with Crippen molar-refractivity contribution < 1.29 is 33.3 Å². The maximum absolute atomic E-state index is 12.2. The van der Waals surface area contributed by atoms with Gasteiger partial charge in [0.05, 0.1) is 25.6 Å². The first kappa shape index (κ1) is 25.8. The van der Waals surface area contributed by atoms with Crippen LogP contribution in [0.5, 0.6) is 5.88 Å². The Labute approximate surface area is 199 Å². The van der Waals surface area contributed by atoms with Crippen LogP contribution >= 0.6 is 0 Å². The standard InChI is InChI=1S/C21H33N5O7Si/c1-11(27)31-15-13(9-30-20(3,4)5)33-21(34(7)8,16(15)32-12(2)28)26-10-23-14-17(26)24-19(22)25-18(14)29-6/h10,13,15-16,34H,9H2,1-8H3,(H2,22,24,25)/t13-,15-,16+,21-/m1/s1. The van der Waals surface area contributed by atoms with E-state index in [4.69, 9.17) is 29.4 Å². The van der Waals surface area contributed by atoms with Gasteiger partial charge in [-0.3, -0.25) is 14.2 Å². The fourth-order valence-electron chi connectivity index (χ4n) is 4.15. The summed E-state index contributed by atoms with van der Waals surface area (Å²) in [6.45, 7) is 12.5. The highest BCUT2D eigenvalue weighted by molar-refractivity contribution is 6.58. The molecule has 34 heavy (non-hydrogen) atoms. The number of carbonyl (C=O) groups excluding carboxylic acids is 2. The average molecular weight is 496 g/mol. The van der Waals surface area contributed by atoms with E-state index < -0.39 is 50.0 Å². The van der Waals surface area contributed by atoms with Crippen molar-refractivity contribution in [1.29, 1.82) is 0 Å². The van der Waals surface area contributed by atoms with Gasteiger partial charge >= 0.3 is 11.9 Å². The molecule has 0 unspecified atom stereocenters. The topological polar surface area (TPSA) is 150 Å². The SMILES string of the molecule is COc1nc(N)nc2c1ncn2[C@@]1([SiH](C)C)O[C@H](COC(C)(C)C)[C@@H](OC(C)=O)[C@@H]1OC(C)=O. The number of rotatable bonds is 7. The van der Waals surface area contributed by atoms with Crippen LogP contribution in [0.25, 0.3) is 11.2 Å². The molecular weight excluding hydrogens is 462 g/mol. The number of imidazole rings is 1. The lowest BCUT2D eigenvalue weighted by molar-refractivity contribution is -0.168. The van der Waals surface area contributed by atoms with Gasteiger partial charge in [0, 0.05) is 13.8 Å². The van der Waals surface area contributed by atoms with Crippen molar-refractivity contribution in [1.82, 2.24) is 19.5 Å². The monoisotopic (exact) mass is 495 g/mol. The molecule has 12 nitrogen and oxygen atoms in total. The van der Waals surface area contributed by atoms with Gasteiger partial charge in [0.15, 0.2) is 28.7 Å². The molecule has 3 heterocycles. The van der Waals surface area contributed by atoms with Crippen molar-refractivity contribution in [2.45, 2.75) is 77.0 Å². The van der Waals surface area contributed by atoms with Gasteiger partial charge in [-0.1, -0.05) is 13.1 Å². The Morgan fingerprint density at radius 3 is 2.38 bits per heavy atom. The zero-order chi connectivity index (χ0) is 25.4. The number of aromatic nitrogens is 4. The van der Waals surface area contributed by atoms with Crippen LogP contribution in [-0.4, -0.2) is 77.9 Å². The molecule has 0 radical (unpaired) electrons. The minimum atomic E-state index is -1.97. The van der Waals surface area contributed by atoms with E-state index >= 15 is 0 Å². The number of hydrogen-bond acceptors (Lipinski definition) is 11. The van der Waals surface area contributed by atoms with Crippen LogP contribution in [0.15, 0.2) is 6.33 Å². The van der Waals surface area contributed by atoms with Gasteiger partial charge in [-0.05, 0) is 20.8 Å². The minimum absolute atomic E-state index is 0.0159. The number of nitrogens with zero attached hydrogens (tertiary/aromatic N) is 4. The molecule has 1 aliphatic rings. The summed E-state index contributed by atoms with van der Waals surface area (Å²) in [6, 6.07) is 0. The van der Waals surface area contributed by atoms with Gasteiger partial charge in [-0.2, -0.15) is 9.97 Å². The average Bonchev–Trinajstić information content (AvgIpc) is 3.25. The second-order valence-electron chi connectivity index (χ2n) is 9.47. The summed E-state index contributed by atoms with van der Waals surface area (Å²) < 4.78 is 31.1. The van der Waals surface area contributed by atoms with Gasteiger partial charge in [-0.25, -0.2) is 4.98 Å². The lowest BCUT2D eigenvalue weighted by atomic mass is 10.1. The van der Waals surface area contributed by atoms with Crippen molar-refractivity contribution in [3.8, 4) is 5.88 Å². The fourth-order valence-corrected chi connectivity index (χ4v) is 6.26. The van der Waals surface area contributed by atoms with Crippen molar-refractivity contribution in [2.75, 3.05) is 19.5 Å². The molecule has 1 fully saturated rings. The number of carbonyl (C=O) groups is 2. The maximum Gasteiger partial charge on any atom is 0.303 e. The first-order chi connectivity index (χ1) is 15.8. The highest BCUT2D eigenvalue weighted by Crippen LogP contribution is 2.43. The van der Waals surface area contributed by atoms with E-state index in [2.05, 4.69) is 15.0 Å². The Morgan fingerprint density at radius 1 is 1.21 bits per heavy atom. The summed E-state index contributed by atoms with van der Waals surface area (Å²) in [6.07, 6.45) is -1.09. The van der Waals surface area contributed by atoms with Gasteiger partial charge in [0.25, 0.3) is 0 Å². The normalized spacial score (nSPS) is 25.0. The zero-order valence-electron chi connectivity index (χ0n) is 20.8. The van der Waals surface area contributed by atoms with Crippen molar-refractivity contribution >= 4 is 37.8 Å². The molecule has 2 aromatic heterocycles. The molecule has 3 rings (SSSR count). The van der Waals surface area contributed by atoms with Crippen molar-refractivity contribution in [3.05, 3.63) is 6.33 Å². The number of ether oxygens (including phenoxy) is 5. The van der Waals surface area contributed by atoms with E-state index in [1.807, 2.05) is 33.9 Å². The summed E-state index contributed by atoms with van der Waals surface area (Å²) in [4.78, 5) is 37.2. The number of nitrogen functional groups attached to an aromatic ring is 1. The molecule has 4 atom stereocenters. The molecular formula is C21H33N5O7Si. The van der Waals surface area contributed by atoms with E-state index in [1.165, 1.54) is 27.3 Å². The Balaban J connectivity index is 2.24. The lowest BCUT2D eigenvalue weighted by Crippen LogP contribution is -2.56. The summed E-state index contributed by atoms with van der Waals surface area (Å²) in [7, 11) is -0.515. The van der Waals surface area contributed by atoms with E-state index in [-0.39, 0.29) is 18.4 Å². The lowest BCUT2D eigenvalue weighted by Gasteiger charge is -2.38. The second kappa shape index (κ2) is 9.47. The summed E-state index contributed by atoms with van der Waals surface area (Å²) in [5.41, 5.74) is 6.17. The van der Waals surface area contributed by atoms with Gasteiger partial charge < -0.3 is 29.4 Å². The molecule has 1 saturated heterocycles. The highest BCUT2D eigenvalue weighted by Gasteiger charge is 2.62. The van der Waals surface area contributed by atoms with E-state index in [1.54, 1.807) is 4.57 Å². The molecule has 2 N–H and O–H groups in total. The first-order valence-corrected chi connectivity index (χ1v) is 13.9. The van der Waals surface area contributed by atoms with Gasteiger partial charge in [0.2, 0.25) is 11.8 Å². The van der Waals surface area contributed by atoms with Crippen LogP contribution in [0.1, 0.15) is 34.6 Å². The van der Waals surface area contributed by atoms with Crippen molar-refractivity contribution in [2.24, 2.45) is 0 Å². The number of fused-ring (bicyclic) bond motifs is 1. The third-order valence-electron chi connectivity index (χ3n) is 5.47. The molecule has 188 valence electrons. The van der Waals surface area contributed by atoms with E-state index in [9.17, 15) is 9.59 Å². The van der Waals surface area contributed by atoms with E-state index in [0.29, 0.717) is 11.2 Å². The molecule has 0 spiro atoms. The molecule has 0 saturated carbocycles.